The molecule has 4 heteroatoms. The summed E-state index contributed by atoms with van der Waals surface area (Å²) in [6.45, 7) is 11.0. The summed E-state index contributed by atoms with van der Waals surface area (Å²) in [4.78, 5) is 0. The summed E-state index contributed by atoms with van der Waals surface area (Å²) < 4.78 is 0. The van der Waals surface area contributed by atoms with Gasteiger partial charge < -0.3 is 0 Å². The first kappa shape index (κ1) is 15.0. The molecule has 84 valence electrons. The molecule has 0 aromatic rings. The molecule has 0 bridgehead atoms. The quantitative estimate of drug-likeness (QED) is 0.522. The summed E-state index contributed by atoms with van der Waals surface area (Å²) in [5.74, 6) is 1.47. The Balaban J connectivity index is 0.000000364. The molecule has 0 nitrogen and oxygen atoms in total. The number of hydrogen-bond acceptors (Lipinski definition) is 0. The van der Waals surface area contributed by atoms with Gasteiger partial charge in [-0.15, -0.1) is 0 Å². The topological polar surface area (TPSA) is 0 Å². The van der Waals surface area contributed by atoms with Gasteiger partial charge >= 0.3 is 42.1 Å². The molecule has 0 atom stereocenters. The van der Waals surface area contributed by atoms with E-state index in [9.17, 15) is 0 Å². The molecule has 0 aromatic carbocycles. The second-order valence-corrected chi connectivity index (χ2v) is 11.2. The Hall–Kier alpha value is 0.973. The van der Waals surface area contributed by atoms with Gasteiger partial charge in [0, 0.05) is 5.92 Å². The van der Waals surface area contributed by atoms with E-state index in [0.717, 1.165) is 0 Å². The van der Waals surface area contributed by atoms with Crippen LogP contribution < -0.4 is 0 Å². The average Bonchev–Trinajstić information content (AvgIpc) is 2.23. The molecule has 0 aliphatic heterocycles. The van der Waals surface area contributed by atoms with Crippen LogP contribution in [0, 0.1) is 5.92 Å². The van der Waals surface area contributed by atoms with E-state index in [1.807, 2.05) is 0 Å². The molecule has 0 saturated heterocycles. The fraction of sp³-hybridized carbons (Fsp3) is 0.500. The summed E-state index contributed by atoms with van der Waals surface area (Å²) in [6.07, 6.45) is 0. The van der Waals surface area contributed by atoms with Crippen molar-refractivity contribution in [1.29, 1.82) is 0 Å². The van der Waals surface area contributed by atoms with Crippen molar-refractivity contribution in [1.82, 2.24) is 0 Å². The van der Waals surface area contributed by atoms with Gasteiger partial charge in [0.2, 0.25) is 0 Å². The van der Waals surface area contributed by atoms with Crippen LogP contribution in [0.2, 0.25) is 0 Å². The van der Waals surface area contributed by atoms with Crippen molar-refractivity contribution < 1.29 is 13.0 Å². The van der Waals surface area contributed by atoms with Crippen LogP contribution in [0.4, 0.5) is 0 Å². The fourth-order valence-electron chi connectivity index (χ4n) is 1.41. The zero-order valence-electron chi connectivity index (χ0n) is 8.99. The maximum absolute atomic E-state index is 4.95. The minimum atomic E-state index is -1.75. The molecule has 1 rings (SSSR count). The van der Waals surface area contributed by atoms with Crippen LogP contribution in [-0.4, -0.2) is 0 Å². The van der Waals surface area contributed by atoms with Crippen LogP contribution in [0.1, 0.15) is 34.6 Å². The molecule has 0 spiro atoms. The number of allylic oxidation sites excluding steroid dienone is 4. The molecule has 14 heavy (non-hydrogen) atoms. The molecule has 0 saturated carbocycles. The van der Waals surface area contributed by atoms with Crippen molar-refractivity contribution in [3.8, 4) is 0 Å². The Kier molecular flexibility index (Phi) is 6.99. The van der Waals surface area contributed by atoms with Gasteiger partial charge in [-0.25, -0.2) is 0 Å². The Morgan fingerprint density at radius 1 is 0.643 bits per heavy atom. The number of halogens is 3. The Bertz CT molecular complexity index is 240. The van der Waals surface area contributed by atoms with Gasteiger partial charge in [0.1, 0.15) is 0 Å². The van der Waals surface area contributed by atoms with E-state index in [1.165, 1.54) is 28.2 Å². The van der Waals surface area contributed by atoms with Gasteiger partial charge in [-0.2, -0.15) is 0 Å². The first-order valence-corrected chi connectivity index (χ1v) is 10.9. The van der Waals surface area contributed by atoms with Crippen molar-refractivity contribution >= 4 is 29.1 Å². The van der Waals surface area contributed by atoms with Crippen LogP contribution in [-0.2, 0) is 13.0 Å². The van der Waals surface area contributed by atoms with E-state index in [0.29, 0.717) is 0 Å². The number of hydrogen-bond donors (Lipinski definition) is 0. The van der Waals surface area contributed by atoms with Crippen LogP contribution in [0.5, 0.6) is 0 Å². The first-order valence-electron chi connectivity index (χ1n) is 4.15. The van der Waals surface area contributed by atoms with Crippen LogP contribution in [0.15, 0.2) is 22.3 Å². The van der Waals surface area contributed by atoms with Crippen molar-refractivity contribution in [2.24, 2.45) is 0 Å². The predicted octanol–water partition coefficient (Wildman–Crippen LogP) is 5.33. The van der Waals surface area contributed by atoms with Gasteiger partial charge in [-0.05, 0) is 38.8 Å². The summed E-state index contributed by atoms with van der Waals surface area (Å²) in [5, 5.41) is 0. The van der Waals surface area contributed by atoms with Gasteiger partial charge in [0.05, 0.1) is 0 Å². The first-order chi connectivity index (χ1) is 6.29. The van der Waals surface area contributed by atoms with Gasteiger partial charge in [-0.3, -0.25) is 0 Å². The third kappa shape index (κ3) is 4.23. The van der Waals surface area contributed by atoms with E-state index in [2.05, 4.69) is 34.6 Å². The van der Waals surface area contributed by atoms with E-state index < -0.39 is 13.0 Å². The van der Waals surface area contributed by atoms with Crippen LogP contribution in [0.25, 0.3) is 0 Å². The van der Waals surface area contributed by atoms with E-state index >= 15 is 0 Å². The van der Waals surface area contributed by atoms with Crippen molar-refractivity contribution in [3.05, 3.63) is 28.2 Å². The third-order valence-corrected chi connectivity index (χ3v) is 2.81. The predicted molar refractivity (Wildman–Crippen MR) is 63.2 cm³/mol. The molecule has 0 amide bonds. The summed E-state index contributed by atoms with van der Waals surface area (Å²) >= 11 is -1.75. The average molecular weight is 343 g/mol. The molecular formula is C10H15Cl3Ru. The Labute approximate surface area is 104 Å². The molecule has 1 aliphatic carbocycles. The Morgan fingerprint density at radius 3 is 0.929 bits per heavy atom. The standard InChI is InChI=1S/C10H15.3ClH.Ru/c1-6-7(2)9(4)10(5)8(6)3;;;;/h1-5H3;3*1H;/q;;;;+3/p-3. The van der Waals surface area contributed by atoms with Gasteiger partial charge in [-0.1, -0.05) is 18.1 Å². The molecule has 0 fully saturated rings. The summed E-state index contributed by atoms with van der Waals surface area (Å²) in [7, 11) is 14.8. The van der Waals surface area contributed by atoms with Crippen LogP contribution >= 0.6 is 29.1 Å². The Morgan fingerprint density at radius 2 is 0.857 bits per heavy atom. The molecule has 0 heterocycles. The third-order valence-electron chi connectivity index (χ3n) is 2.81. The molecule has 1 aliphatic rings. The zero-order chi connectivity index (χ0) is 11.5. The molecule has 1 radical (unpaired) electrons. The second-order valence-electron chi connectivity index (χ2n) is 3.28. The SMILES string of the molecule is C[C]1C(C)=C(C)C(C)=C1C.[Cl][Ru]([Cl])[Cl]. The summed E-state index contributed by atoms with van der Waals surface area (Å²) in [6, 6.07) is 0. The molecular weight excluding hydrogens is 328 g/mol. The van der Waals surface area contributed by atoms with Gasteiger partial charge in [0.25, 0.3) is 0 Å². The molecule has 0 aromatic heterocycles. The maximum atomic E-state index is 4.95. The zero-order valence-corrected chi connectivity index (χ0v) is 13.0. The van der Waals surface area contributed by atoms with E-state index in [4.69, 9.17) is 29.1 Å². The fourth-order valence-corrected chi connectivity index (χ4v) is 1.41. The normalized spacial score (nSPS) is 18.4. The van der Waals surface area contributed by atoms with Crippen molar-refractivity contribution in [2.75, 3.05) is 0 Å². The van der Waals surface area contributed by atoms with Crippen LogP contribution in [0.3, 0.4) is 0 Å². The van der Waals surface area contributed by atoms with Crippen molar-refractivity contribution in [2.45, 2.75) is 34.6 Å². The minimum absolute atomic E-state index is 1.47. The van der Waals surface area contributed by atoms with Crippen molar-refractivity contribution in [3.63, 3.8) is 0 Å². The number of rotatable bonds is 0. The summed E-state index contributed by atoms with van der Waals surface area (Å²) in [5.41, 5.74) is 5.87. The molecule has 0 unspecified atom stereocenters. The molecule has 0 N–H and O–H groups in total. The van der Waals surface area contributed by atoms with E-state index in [1.54, 1.807) is 0 Å². The van der Waals surface area contributed by atoms with Gasteiger partial charge in [0.15, 0.2) is 0 Å². The van der Waals surface area contributed by atoms with E-state index in [-0.39, 0.29) is 0 Å². The second kappa shape index (κ2) is 6.53. The monoisotopic (exact) mass is 342 g/mol.